The molecule has 0 bridgehead atoms. The highest BCUT2D eigenvalue weighted by atomic mass is 19.4. The molecule has 158 valence electrons. The number of hydrogen-bond acceptors (Lipinski definition) is 5. The lowest BCUT2D eigenvalue weighted by atomic mass is 10.0. The molecule has 1 aliphatic heterocycles. The van der Waals surface area contributed by atoms with E-state index >= 15 is 0 Å². The van der Waals surface area contributed by atoms with Crippen LogP contribution < -0.4 is 5.32 Å². The maximum absolute atomic E-state index is 12.9. The van der Waals surface area contributed by atoms with Crippen LogP contribution in [0.2, 0.25) is 0 Å². The van der Waals surface area contributed by atoms with Crippen molar-refractivity contribution in [1.82, 2.24) is 15.1 Å². The topological polar surface area (TPSA) is 61.3 Å². The Balaban J connectivity index is 1.80. The van der Waals surface area contributed by atoms with E-state index in [1.165, 1.54) is 6.92 Å². The Bertz CT molecular complexity index is 831. The first-order valence-corrected chi connectivity index (χ1v) is 9.85. The number of aromatic nitrogens is 2. The van der Waals surface area contributed by atoms with Crippen LogP contribution in [0.5, 0.6) is 5.75 Å². The van der Waals surface area contributed by atoms with Crippen LogP contribution in [0.15, 0.2) is 24.3 Å². The predicted octanol–water partition coefficient (Wildman–Crippen LogP) is 4.85. The largest absolute Gasteiger partial charge is 0.507 e. The fraction of sp³-hybridized carbons (Fsp3) is 0.524. The van der Waals surface area contributed by atoms with Crippen molar-refractivity contribution in [2.45, 2.75) is 64.3 Å². The normalized spacial score (nSPS) is 21.3. The van der Waals surface area contributed by atoms with Gasteiger partial charge in [0.15, 0.2) is 0 Å². The molecule has 3 unspecified atom stereocenters. The molecule has 1 aromatic heterocycles. The summed E-state index contributed by atoms with van der Waals surface area (Å²) in [7, 11) is 2.14. The maximum Gasteiger partial charge on any atom is 0.416 e. The van der Waals surface area contributed by atoms with Gasteiger partial charge in [0.1, 0.15) is 11.6 Å². The third-order valence-corrected chi connectivity index (χ3v) is 5.90. The van der Waals surface area contributed by atoms with Gasteiger partial charge >= 0.3 is 6.18 Å². The van der Waals surface area contributed by atoms with E-state index in [4.69, 9.17) is 0 Å². The molecule has 0 saturated carbocycles. The summed E-state index contributed by atoms with van der Waals surface area (Å²) in [6, 6.07) is 6.34. The first-order chi connectivity index (χ1) is 13.6. The van der Waals surface area contributed by atoms with Crippen LogP contribution in [0.1, 0.15) is 44.2 Å². The molecule has 0 spiro atoms. The molecule has 3 atom stereocenters. The minimum atomic E-state index is -4.51. The van der Waals surface area contributed by atoms with Crippen molar-refractivity contribution < 1.29 is 18.3 Å². The summed E-state index contributed by atoms with van der Waals surface area (Å²) in [6.45, 7) is 5.86. The SMILES string of the molecule is CCC(Nc1ccc(-c2c(C)cc(C(F)(F)F)cc2O)nn1)C1CCC(C)N1C. The Morgan fingerprint density at radius 1 is 1.24 bits per heavy atom. The number of aromatic hydroxyl groups is 1. The molecule has 2 N–H and O–H groups in total. The molecule has 3 rings (SSSR count). The van der Waals surface area contributed by atoms with E-state index in [-0.39, 0.29) is 11.6 Å². The third-order valence-electron chi connectivity index (χ3n) is 5.90. The average molecular weight is 408 g/mol. The smallest absolute Gasteiger partial charge is 0.416 e. The molecule has 0 amide bonds. The van der Waals surface area contributed by atoms with Crippen LogP contribution in [0.4, 0.5) is 19.0 Å². The summed E-state index contributed by atoms with van der Waals surface area (Å²) in [6.07, 6.45) is -1.30. The summed E-state index contributed by atoms with van der Waals surface area (Å²) in [5, 5.41) is 21.9. The van der Waals surface area contributed by atoms with E-state index in [2.05, 4.69) is 41.3 Å². The van der Waals surface area contributed by atoms with Crippen molar-refractivity contribution in [2.24, 2.45) is 0 Å². The molecule has 1 aliphatic rings. The van der Waals surface area contributed by atoms with Gasteiger partial charge in [0, 0.05) is 23.7 Å². The number of likely N-dealkylation sites (tertiary alicyclic amines) is 1. The van der Waals surface area contributed by atoms with Crippen molar-refractivity contribution >= 4 is 5.82 Å². The molecule has 0 radical (unpaired) electrons. The second kappa shape index (κ2) is 8.18. The first kappa shape index (κ1) is 21.4. The zero-order valence-electron chi connectivity index (χ0n) is 17.1. The summed E-state index contributed by atoms with van der Waals surface area (Å²) >= 11 is 0. The maximum atomic E-state index is 12.9. The van der Waals surface area contributed by atoms with Gasteiger partial charge in [0.05, 0.1) is 11.3 Å². The van der Waals surface area contributed by atoms with Gasteiger partial charge in [-0.25, -0.2) is 0 Å². The average Bonchev–Trinajstić information content (AvgIpc) is 2.98. The van der Waals surface area contributed by atoms with E-state index in [9.17, 15) is 18.3 Å². The van der Waals surface area contributed by atoms with E-state index < -0.39 is 17.5 Å². The number of likely N-dealkylation sites (N-methyl/N-ethyl adjacent to an activating group) is 1. The highest BCUT2D eigenvalue weighted by Crippen LogP contribution is 2.38. The van der Waals surface area contributed by atoms with E-state index in [1.54, 1.807) is 12.1 Å². The molecule has 29 heavy (non-hydrogen) atoms. The van der Waals surface area contributed by atoms with Gasteiger partial charge in [0.25, 0.3) is 0 Å². The molecular weight excluding hydrogens is 381 g/mol. The third kappa shape index (κ3) is 4.47. The van der Waals surface area contributed by atoms with Gasteiger partial charge in [-0.2, -0.15) is 13.2 Å². The number of alkyl halides is 3. The van der Waals surface area contributed by atoms with Crippen molar-refractivity contribution in [1.29, 1.82) is 0 Å². The number of nitrogens with one attached hydrogen (secondary N) is 1. The van der Waals surface area contributed by atoms with E-state index in [0.717, 1.165) is 31.4 Å². The first-order valence-electron chi connectivity index (χ1n) is 9.85. The van der Waals surface area contributed by atoms with Crippen molar-refractivity contribution in [2.75, 3.05) is 12.4 Å². The standard InChI is InChI=1S/C21H27F3N4O/c1-5-15(17-8-6-13(3)28(17)4)25-19-9-7-16(26-27-19)20-12(2)10-14(11-18(20)29)21(22,23)24/h7,9-11,13,15,17,29H,5-6,8H2,1-4H3,(H,25,27). The molecule has 2 aromatic rings. The van der Waals surface area contributed by atoms with Crippen molar-refractivity contribution in [3.8, 4) is 17.0 Å². The van der Waals surface area contributed by atoms with Crippen LogP contribution in [-0.4, -0.2) is 45.4 Å². The number of benzene rings is 1. The predicted molar refractivity (Wildman–Crippen MR) is 107 cm³/mol. The zero-order chi connectivity index (χ0) is 21.3. The van der Waals surface area contributed by atoms with Gasteiger partial charge in [-0.1, -0.05) is 6.92 Å². The van der Waals surface area contributed by atoms with Crippen LogP contribution in [0, 0.1) is 6.92 Å². The quantitative estimate of drug-likeness (QED) is 0.741. The Morgan fingerprint density at radius 2 is 1.97 bits per heavy atom. The molecule has 1 saturated heterocycles. The molecule has 2 heterocycles. The number of phenolic OH excluding ortho intramolecular Hbond substituents is 1. The minimum Gasteiger partial charge on any atom is -0.507 e. The molecule has 5 nitrogen and oxygen atoms in total. The highest BCUT2D eigenvalue weighted by molar-refractivity contribution is 5.71. The fourth-order valence-corrected chi connectivity index (χ4v) is 4.10. The zero-order valence-corrected chi connectivity index (χ0v) is 17.1. The number of anilines is 1. The summed E-state index contributed by atoms with van der Waals surface area (Å²) in [5.41, 5.74) is -0.00379. The van der Waals surface area contributed by atoms with Crippen LogP contribution in [0.25, 0.3) is 11.3 Å². The summed E-state index contributed by atoms with van der Waals surface area (Å²) in [4.78, 5) is 2.38. The van der Waals surface area contributed by atoms with Crippen molar-refractivity contribution in [3.63, 3.8) is 0 Å². The fourth-order valence-electron chi connectivity index (χ4n) is 4.10. The number of halogens is 3. The highest BCUT2D eigenvalue weighted by Gasteiger charge is 2.33. The van der Waals surface area contributed by atoms with Gasteiger partial charge in [-0.05, 0) is 70.0 Å². The number of aryl methyl sites for hydroxylation is 1. The number of nitrogens with zero attached hydrogens (tertiary/aromatic N) is 3. The van der Waals surface area contributed by atoms with Crippen LogP contribution in [-0.2, 0) is 6.18 Å². The number of hydrogen-bond donors (Lipinski definition) is 2. The number of rotatable bonds is 5. The second-order valence-corrected chi connectivity index (χ2v) is 7.81. The lowest BCUT2D eigenvalue weighted by Crippen LogP contribution is -2.43. The lowest BCUT2D eigenvalue weighted by molar-refractivity contribution is -0.137. The molecular formula is C21H27F3N4O. The second-order valence-electron chi connectivity index (χ2n) is 7.81. The minimum absolute atomic E-state index is 0.228. The molecule has 1 aromatic carbocycles. The Labute approximate surface area is 169 Å². The van der Waals surface area contributed by atoms with Gasteiger partial charge in [-0.15, -0.1) is 10.2 Å². The Kier molecular flexibility index (Phi) is 6.03. The Morgan fingerprint density at radius 3 is 2.45 bits per heavy atom. The van der Waals surface area contributed by atoms with Gasteiger partial charge in [0.2, 0.25) is 0 Å². The summed E-state index contributed by atoms with van der Waals surface area (Å²) in [5.74, 6) is 0.151. The van der Waals surface area contributed by atoms with Crippen LogP contribution in [0.3, 0.4) is 0 Å². The lowest BCUT2D eigenvalue weighted by Gasteiger charge is -2.31. The molecule has 1 fully saturated rings. The Hall–Kier alpha value is -2.35. The van der Waals surface area contributed by atoms with Gasteiger partial charge < -0.3 is 10.4 Å². The van der Waals surface area contributed by atoms with E-state index in [0.29, 0.717) is 29.2 Å². The van der Waals surface area contributed by atoms with Gasteiger partial charge in [-0.3, -0.25) is 4.90 Å². The molecule has 0 aliphatic carbocycles. The van der Waals surface area contributed by atoms with E-state index in [1.807, 2.05) is 0 Å². The summed E-state index contributed by atoms with van der Waals surface area (Å²) < 4.78 is 38.8. The monoisotopic (exact) mass is 408 g/mol. The van der Waals surface area contributed by atoms with Crippen LogP contribution >= 0.6 is 0 Å². The molecule has 8 heteroatoms. The number of phenols is 1. The van der Waals surface area contributed by atoms with Crippen molar-refractivity contribution in [3.05, 3.63) is 35.4 Å².